The van der Waals surface area contributed by atoms with Gasteiger partial charge in [0.1, 0.15) is 11.1 Å². The van der Waals surface area contributed by atoms with E-state index < -0.39 is 0 Å². The lowest BCUT2D eigenvalue weighted by Gasteiger charge is -2.09. The second kappa shape index (κ2) is 4.51. The van der Waals surface area contributed by atoms with E-state index in [0.29, 0.717) is 0 Å². The lowest BCUT2D eigenvalue weighted by Crippen LogP contribution is -1.93. The number of halogens is 2. The number of hydrogen-bond acceptors (Lipinski definition) is 1. The standard InChI is InChI=1S/C14H12BrClO/c15-13-7-6-12(17-13)14(16)11-5-4-9-2-1-3-10(9)8-11/h4-8,14H,1-3H2. The van der Waals surface area contributed by atoms with Gasteiger partial charge in [0.05, 0.1) is 0 Å². The van der Waals surface area contributed by atoms with Crippen LogP contribution in [0.15, 0.2) is 39.4 Å². The second-order valence-corrected chi connectivity index (χ2v) is 5.60. The SMILES string of the molecule is ClC(c1ccc2c(c1)CCC2)c1ccc(Br)o1. The molecule has 0 amide bonds. The molecule has 0 radical (unpaired) electrons. The third-order valence-electron chi connectivity index (χ3n) is 3.26. The number of alkyl halides is 1. The number of hydrogen-bond donors (Lipinski definition) is 0. The molecule has 0 N–H and O–H groups in total. The van der Waals surface area contributed by atoms with E-state index >= 15 is 0 Å². The molecule has 0 saturated heterocycles. The Kier molecular flexibility index (Phi) is 3.01. The largest absolute Gasteiger partial charge is 0.452 e. The molecule has 0 saturated carbocycles. The average molecular weight is 312 g/mol. The van der Waals surface area contributed by atoms with Crippen molar-refractivity contribution < 1.29 is 4.42 Å². The minimum Gasteiger partial charge on any atom is -0.452 e. The molecule has 0 spiro atoms. The zero-order valence-electron chi connectivity index (χ0n) is 9.25. The van der Waals surface area contributed by atoms with Crippen LogP contribution in [0.1, 0.15) is 34.2 Å². The molecule has 0 aliphatic heterocycles. The van der Waals surface area contributed by atoms with Crippen molar-refractivity contribution in [1.82, 2.24) is 0 Å². The summed E-state index contributed by atoms with van der Waals surface area (Å²) in [4.78, 5) is 0. The molecule has 1 heterocycles. The van der Waals surface area contributed by atoms with E-state index in [4.69, 9.17) is 16.0 Å². The van der Waals surface area contributed by atoms with E-state index in [9.17, 15) is 0 Å². The van der Waals surface area contributed by atoms with Crippen molar-refractivity contribution in [3.63, 3.8) is 0 Å². The maximum atomic E-state index is 6.43. The smallest absolute Gasteiger partial charge is 0.169 e. The molecule has 0 fully saturated rings. The summed E-state index contributed by atoms with van der Waals surface area (Å²) in [5.74, 6) is 0.788. The summed E-state index contributed by atoms with van der Waals surface area (Å²) in [5, 5.41) is -0.202. The fourth-order valence-electron chi connectivity index (χ4n) is 2.38. The van der Waals surface area contributed by atoms with Gasteiger partial charge in [-0.3, -0.25) is 0 Å². The molecular weight excluding hydrogens is 300 g/mol. The molecule has 1 nitrogen and oxygen atoms in total. The summed E-state index contributed by atoms with van der Waals surface area (Å²) >= 11 is 9.73. The van der Waals surface area contributed by atoms with E-state index in [-0.39, 0.29) is 5.38 Å². The highest BCUT2D eigenvalue weighted by Crippen LogP contribution is 2.34. The summed E-state index contributed by atoms with van der Waals surface area (Å²) in [5.41, 5.74) is 4.03. The van der Waals surface area contributed by atoms with Crippen LogP contribution in [0.4, 0.5) is 0 Å². The average Bonchev–Trinajstić information content (AvgIpc) is 2.95. The Hall–Kier alpha value is -0.730. The minimum atomic E-state index is -0.202. The fraction of sp³-hybridized carbons (Fsp3) is 0.286. The van der Waals surface area contributed by atoms with Crippen LogP contribution in [-0.4, -0.2) is 0 Å². The van der Waals surface area contributed by atoms with Crippen molar-refractivity contribution in [2.75, 3.05) is 0 Å². The van der Waals surface area contributed by atoms with Crippen molar-refractivity contribution >= 4 is 27.5 Å². The normalized spacial score (nSPS) is 15.9. The van der Waals surface area contributed by atoms with E-state index in [1.807, 2.05) is 12.1 Å². The van der Waals surface area contributed by atoms with Crippen LogP contribution < -0.4 is 0 Å². The molecule has 1 aliphatic rings. The topological polar surface area (TPSA) is 13.1 Å². The highest BCUT2D eigenvalue weighted by molar-refractivity contribution is 9.10. The van der Waals surface area contributed by atoms with Crippen molar-refractivity contribution in [2.45, 2.75) is 24.6 Å². The van der Waals surface area contributed by atoms with Crippen LogP contribution in [0.25, 0.3) is 0 Å². The predicted octanol–water partition coefficient (Wildman–Crippen LogP) is 4.86. The number of benzene rings is 1. The monoisotopic (exact) mass is 310 g/mol. The first kappa shape index (κ1) is 11.4. The summed E-state index contributed by atoms with van der Waals surface area (Å²) in [6.45, 7) is 0. The lowest BCUT2D eigenvalue weighted by atomic mass is 10.0. The van der Waals surface area contributed by atoms with Gasteiger partial charge in [0.15, 0.2) is 4.67 Å². The Morgan fingerprint density at radius 2 is 1.94 bits per heavy atom. The zero-order chi connectivity index (χ0) is 11.8. The number of rotatable bonds is 2. The van der Waals surface area contributed by atoms with Gasteiger partial charge in [-0.2, -0.15) is 0 Å². The van der Waals surface area contributed by atoms with Crippen molar-refractivity contribution in [3.8, 4) is 0 Å². The van der Waals surface area contributed by atoms with Gasteiger partial charge < -0.3 is 4.42 Å². The third kappa shape index (κ3) is 2.16. The van der Waals surface area contributed by atoms with Gasteiger partial charge in [-0.25, -0.2) is 0 Å². The number of furan rings is 1. The van der Waals surface area contributed by atoms with Crippen LogP contribution in [-0.2, 0) is 12.8 Å². The Morgan fingerprint density at radius 1 is 1.12 bits per heavy atom. The fourth-order valence-corrected chi connectivity index (χ4v) is 2.95. The molecule has 1 aliphatic carbocycles. The maximum absolute atomic E-state index is 6.43. The Morgan fingerprint density at radius 3 is 2.71 bits per heavy atom. The van der Waals surface area contributed by atoms with Gasteiger partial charge in [-0.05, 0) is 64.0 Å². The molecule has 2 aromatic rings. The Balaban J connectivity index is 1.94. The second-order valence-electron chi connectivity index (χ2n) is 4.39. The summed E-state index contributed by atoms with van der Waals surface area (Å²) < 4.78 is 6.23. The highest BCUT2D eigenvalue weighted by Gasteiger charge is 2.18. The van der Waals surface area contributed by atoms with E-state index in [1.165, 1.54) is 30.4 Å². The van der Waals surface area contributed by atoms with Crippen LogP contribution in [0, 0.1) is 0 Å². The predicted molar refractivity (Wildman–Crippen MR) is 72.6 cm³/mol. The van der Waals surface area contributed by atoms with Crippen molar-refractivity contribution in [2.24, 2.45) is 0 Å². The third-order valence-corrected chi connectivity index (χ3v) is 4.15. The molecule has 3 rings (SSSR count). The summed E-state index contributed by atoms with van der Waals surface area (Å²) in [6, 6.07) is 10.3. The summed E-state index contributed by atoms with van der Waals surface area (Å²) in [7, 11) is 0. The highest BCUT2D eigenvalue weighted by atomic mass is 79.9. The molecule has 17 heavy (non-hydrogen) atoms. The minimum absolute atomic E-state index is 0.202. The Bertz CT molecular complexity index is 547. The van der Waals surface area contributed by atoms with Gasteiger partial charge >= 0.3 is 0 Å². The number of aryl methyl sites for hydroxylation is 2. The van der Waals surface area contributed by atoms with Crippen LogP contribution in [0.3, 0.4) is 0 Å². The molecule has 3 heteroatoms. The zero-order valence-corrected chi connectivity index (χ0v) is 11.6. The molecule has 1 aromatic heterocycles. The van der Waals surface area contributed by atoms with Gasteiger partial charge in [-0.1, -0.05) is 18.2 Å². The van der Waals surface area contributed by atoms with Crippen LogP contribution in [0.2, 0.25) is 0 Å². The first-order valence-electron chi connectivity index (χ1n) is 5.75. The maximum Gasteiger partial charge on any atom is 0.169 e. The summed E-state index contributed by atoms with van der Waals surface area (Å²) in [6.07, 6.45) is 3.64. The van der Waals surface area contributed by atoms with Gasteiger partial charge in [0, 0.05) is 0 Å². The number of fused-ring (bicyclic) bond motifs is 1. The molecule has 1 aromatic carbocycles. The van der Waals surface area contributed by atoms with Gasteiger partial charge in [0.25, 0.3) is 0 Å². The first-order valence-corrected chi connectivity index (χ1v) is 6.98. The quantitative estimate of drug-likeness (QED) is 0.722. The first-order chi connectivity index (χ1) is 8.24. The van der Waals surface area contributed by atoms with Crippen LogP contribution >= 0.6 is 27.5 Å². The van der Waals surface area contributed by atoms with E-state index in [0.717, 1.165) is 16.0 Å². The molecule has 1 unspecified atom stereocenters. The lowest BCUT2D eigenvalue weighted by molar-refractivity contribution is 0.494. The van der Waals surface area contributed by atoms with Crippen LogP contribution in [0.5, 0.6) is 0 Å². The molecular formula is C14H12BrClO. The molecule has 88 valence electrons. The Labute approximate surface area is 114 Å². The van der Waals surface area contributed by atoms with E-state index in [1.54, 1.807) is 0 Å². The van der Waals surface area contributed by atoms with Gasteiger partial charge in [0.2, 0.25) is 0 Å². The van der Waals surface area contributed by atoms with Crippen molar-refractivity contribution in [1.29, 1.82) is 0 Å². The molecule has 0 bridgehead atoms. The molecule has 1 atom stereocenters. The van der Waals surface area contributed by atoms with E-state index in [2.05, 4.69) is 34.1 Å². The van der Waals surface area contributed by atoms with Crippen molar-refractivity contribution in [3.05, 3.63) is 57.5 Å². The van der Waals surface area contributed by atoms with Gasteiger partial charge in [-0.15, -0.1) is 11.6 Å².